The lowest BCUT2D eigenvalue weighted by Crippen LogP contribution is -2.24. The van der Waals surface area contributed by atoms with Crippen LogP contribution in [0.2, 0.25) is 0 Å². The Bertz CT molecular complexity index is 276. The molecule has 0 aliphatic carbocycles. The van der Waals surface area contributed by atoms with Crippen LogP contribution < -0.4 is 0 Å². The van der Waals surface area contributed by atoms with E-state index >= 15 is 0 Å². The zero-order valence-electron chi connectivity index (χ0n) is 9.61. The predicted octanol–water partition coefficient (Wildman–Crippen LogP) is 0.941. The number of carbonyl (C=O) groups excluding carboxylic acids is 2. The van der Waals surface area contributed by atoms with Gasteiger partial charge in [-0.1, -0.05) is 0 Å². The van der Waals surface area contributed by atoms with Crippen molar-refractivity contribution < 1.29 is 29.0 Å². The van der Waals surface area contributed by atoms with Crippen LogP contribution >= 0.6 is 0 Å². The molecule has 92 valence electrons. The van der Waals surface area contributed by atoms with E-state index in [9.17, 15) is 14.4 Å². The van der Waals surface area contributed by atoms with Crippen molar-refractivity contribution in [3.63, 3.8) is 0 Å². The molecule has 16 heavy (non-hydrogen) atoms. The Labute approximate surface area is 93.5 Å². The van der Waals surface area contributed by atoms with Crippen LogP contribution in [-0.4, -0.2) is 29.8 Å². The Morgan fingerprint density at radius 1 is 1.06 bits per heavy atom. The third kappa shape index (κ3) is 6.80. The van der Waals surface area contributed by atoms with E-state index in [0.29, 0.717) is 0 Å². The standard InChI is InChI=1S/C10H16O6/c1-10(2,3)9(14)16-6-15-8(13)5-4-7(11)12/h4-6H2,1-3H3,(H,11,12). The third-order valence-corrected chi connectivity index (χ3v) is 1.57. The summed E-state index contributed by atoms with van der Waals surface area (Å²) in [5.74, 6) is -2.27. The van der Waals surface area contributed by atoms with Crippen molar-refractivity contribution in [2.24, 2.45) is 5.41 Å². The highest BCUT2D eigenvalue weighted by molar-refractivity contribution is 5.77. The predicted molar refractivity (Wildman–Crippen MR) is 53.4 cm³/mol. The summed E-state index contributed by atoms with van der Waals surface area (Å²) in [6, 6.07) is 0. The Kier molecular flexibility index (Phi) is 5.49. The fraction of sp³-hybridized carbons (Fsp3) is 0.700. The van der Waals surface area contributed by atoms with Crippen molar-refractivity contribution in [3.8, 4) is 0 Å². The Hall–Kier alpha value is -1.59. The number of esters is 2. The van der Waals surface area contributed by atoms with E-state index in [-0.39, 0.29) is 12.8 Å². The van der Waals surface area contributed by atoms with Crippen molar-refractivity contribution in [2.75, 3.05) is 6.79 Å². The van der Waals surface area contributed by atoms with Crippen molar-refractivity contribution in [3.05, 3.63) is 0 Å². The molecular formula is C10H16O6. The molecule has 0 unspecified atom stereocenters. The summed E-state index contributed by atoms with van der Waals surface area (Å²) in [5.41, 5.74) is -0.659. The van der Waals surface area contributed by atoms with Crippen LogP contribution in [0.4, 0.5) is 0 Å². The van der Waals surface area contributed by atoms with Gasteiger partial charge in [0.05, 0.1) is 18.3 Å². The van der Waals surface area contributed by atoms with Gasteiger partial charge in [0.2, 0.25) is 6.79 Å². The molecule has 0 fully saturated rings. The Balaban J connectivity index is 3.71. The highest BCUT2D eigenvalue weighted by atomic mass is 16.7. The lowest BCUT2D eigenvalue weighted by Gasteiger charge is -2.16. The van der Waals surface area contributed by atoms with Crippen molar-refractivity contribution in [1.82, 2.24) is 0 Å². The molecule has 0 saturated heterocycles. The summed E-state index contributed by atoms with van der Waals surface area (Å²) in [4.78, 5) is 32.2. The summed E-state index contributed by atoms with van der Waals surface area (Å²) >= 11 is 0. The monoisotopic (exact) mass is 232 g/mol. The molecule has 6 heteroatoms. The lowest BCUT2D eigenvalue weighted by atomic mass is 9.98. The maximum Gasteiger partial charge on any atom is 0.314 e. The molecule has 0 atom stereocenters. The van der Waals surface area contributed by atoms with Crippen LogP contribution in [0.3, 0.4) is 0 Å². The summed E-state index contributed by atoms with van der Waals surface area (Å²) in [7, 11) is 0. The largest absolute Gasteiger partial charge is 0.481 e. The van der Waals surface area contributed by atoms with Crippen molar-refractivity contribution in [1.29, 1.82) is 0 Å². The van der Waals surface area contributed by atoms with Crippen LogP contribution in [0.1, 0.15) is 33.6 Å². The smallest absolute Gasteiger partial charge is 0.314 e. The van der Waals surface area contributed by atoms with Gasteiger partial charge in [-0.3, -0.25) is 14.4 Å². The van der Waals surface area contributed by atoms with Gasteiger partial charge < -0.3 is 14.6 Å². The van der Waals surface area contributed by atoms with Crippen LogP contribution in [0.5, 0.6) is 0 Å². The normalized spacial score (nSPS) is 10.7. The van der Waals surface area contributed by atoms with Gasteiger partial charge in [-0.15, -0.1) is 0 Å². The first kappa shape index (κ1) is 14.4. The van der Waals surface area contributed by atoms with E-state index in [0.717, 1.165) is 0 Å². The van der Waals surface area contributed by atoms with E-state index in [1.807, 2.05) is 0 Å². The molecule has 0 amide bonds. The molecule has 0 radical (unpaired) electrons. The number of hydrogen-bond acceptors (Lipinski definition) is 5. The minimum absolute atomic E-state index is 0.234. The second-order valence-corrected chi connectivity index (χ2v) is 4.21. The minimum Gasteiger partial charge on any atom is -0.481 e. The molecule has 0 aliphatic rings. The summed E-state index contributed by atoms with van der Waals surface area (Å²) < 4.78 is 9.17. The molecule has 0 bridgehead atoms. The van der Waals surface area contributed by atoms with E-state index in [1.54, 1.807) is 20.8 Å². The van der Waals surface area contributed by atoms with Gasteiger partial charge in [0.1, 0.15) is 0 Å². The number of carbonyl (C=O) groups is 3. The molecule has 0 aliphatic heterocycles. The highest BCUT2D eigenvalue weighted by Crippen LogP contribution is 2.14. The van der Waals surface area contributed by atoms with Gasteiger partial charge in [-0.25, -0.2) is 0 Å². The first-order valence-electron chi connectivity index (χ1n) is 4.78. The van der Waals surface area contributed by atoms with Crippen molar-refractivity contribution in [2.45, 2.75) is 33.6 Å². The SMILES string of the molecule is CC(C)(C)C(=O)OCOC(=O)CCC(=O)O. The Morgan fingerprint density at radius 2 is 1.62 bits per heavy atom. The molecule has 0 aromatic carbocycles. The van der Waals surface area contributed by atoms with Gasteiger partial charge in [0.25, 0.3) is 0 Å². The molecule has 0 heterocycles. The second-order valence-electron chi connectivity index (χ2n) is 4.21. The number of carboxylic acid groups (broad SMARTS) is 1. The van der Waals surface area contributed by atoms with Gasteiger partial charge >= 0.3 is 17.9 Å². The molecule has 0 rings (SSSR count). The number of rotatable bonds is 5. The van der Waals surface area contributed by atoms with Gasteiger partial charge in [-0.2, -0.15) is 0 Å². The minimum atomic E-state index is -1.08. The van der Waals surface area contributed by atoms with Crippen LogP contribution in [0, 0.1) is 5.41 Å². The fourth-order valence-corrected chi connectivity index (χ4v) is 0.646. The van der Waals surface area contributed by atoms with Crippen molar-refractivity contribution >= 4 is 17.9 Å². The number of ether oxygens (including phenoxy) is 2. The van der Waals surface area contributed by atoms with E-state index in [1.165, 1.54) is 0 Å². The lowest BCUT2D eigenvalue weighted by molar-refractivity contribution is -0.173. The van der Waals surface area contributed by atoms with Gasteiger partial charge in [-0.05, 0) is 20.8 Å². The average Bonchev–Trinajstić information content (AvgIpc) is 2.13. The number of carboxylic acids is 1. The summed E-state index contributed by atoms with van der Waals surface area (Å²) in [6.07, 6.45) is -0.533. The topological polar surface area (TPSA) is 89.9 Å². The maximum absolute atomic E-state index is 11.2. The van der Waals surface area contributed by atoms with Crippen LogP contribution in [0.25, 0.3) is 0 Å². The molecule has 0 aromatic rings. The zero-order valence-corrected chi connectivity index (χ0v) is 9.61. The number of hydrogen-bond donors (Lipinski definition) is 1. The highest BCUT2D eigenvalue weighted by Gasteiger charge is 2.23. The summed E-state index contributed by atoms with van der Waals surface area (Å²) in [5, 5.41) is 8.29. The number of aliphatic carboxylic acids is 1. The quantitative estimate of drug-likeness (QED) is 0.560. The molecule has 0 saturated carbocycles. The van der Waals surface area contributed by atoms with Crippen LogP contribution in [0.15, 0.2) is 0 Å². The molecule has 6 nitrogen and oxygen atoms in total. The maximum atomic E-state index is 11.2. The fourth-order valence-electron chi connectivity index (χ4n) is 0.646. The molecular weight excluding hydrogens is 216 g/mol. The Morgan fingerprint density at radius 3 is 2.06 bits per heavy atom. The van der Waals surface area contributed by atoms with E-state index in [4.69, 9.17) is 5.11 Å². The van der Waals surface area contributed by atoms with Crippen LogP contribution in [-0.2, 0) is 23.9 Å². The van der Waals surface area contributed by atoms with E-state index in [2.05, 4.69) is 9.47 Å². The average molecular weight is 232 g/mol. The van der Waals surface area contributed by atoms with Gasteiger partial charge in [0, 0.05) is 0 Å². The molecule has 0 aromatic heterocycles. The first-order chi connectivity index (χ1) is 7.23. The van der Waals surface area contributed by atoms with Gasteiger partial charge in [0.15, 0.2) is 0 Å². The summed E-state index contributed by atoms with van der Waals surface area (Å²) in [6.45, 7) is 4.53. The molecule has 0 spiro atoms. The zero-order chi connectivity index (χ0) is 12.8. The second kappa shape index (κ2) is 6.09. The molecule has 1 N–H and O–H groups in total. The first-order valence-corrected chi connectivity index (χ1v) is 4.78. The van der Waals surface area contributed by atoms with E-state index < -0.39 is 30.1 Å². The third-order valence-electron chi connectivity index (χ3n) is 1.57.